The Kier molecular flexibility index (Phi) is 4.95. The molecule has 110 valence electrons. The number of hydrogen-bond donors (Lipinski definition) is 2. The van der Waals surface area contributed by atoms with Gasteiger partial charge in [0.05, 0.1) is 16.3 Å². The van der Waals surface area contributed by atoms with E-state index in [1.807, 2.05) is 4.83 Å². The second-order valence-corrected chi connectivity index (χ2v) is 6.41. The van der Waals surface area contributed by atoms with Gasteiger partial charge in [-0.1, -0.05) is 54.1 Å². The standard InChI is InChI=1S/C14H13ClN2O3S/c15-13-9-5-4-8-12(13)14(18)16-17-21(19,20)10-11-6-2-1-3-7-11/h1-9,17H,10H2,(H,16,18). The number of halogens is 1. The Labute approximate surface area is 128 Å². The van der Waals surface area contributed by atoms with E-state index in [1.165, 1.54) is 6.07 Å². The van der Waals surface area contributed by atoms with Crippen molar-refractivity contribution in [2.45, 2.75) is 5.75 Å². The first kappa shape index (κ1) is 15.5. The first-order valence-electron chi connectivity index (χ1n) is 6.06. The van der Waals surface area contributed by atoms with E-state index in [4.69, 9.17) is 11.6 Å². The summed E-state index contributed by atoms with van der Waals surface area (Å²) in [6.45, 7) is 0. The average Bonchev–Trinajstić information content (AvgIpc) is 2.46. The lowest BCUT2D eigenvalue weighted by Gasteiger charge is -2.09. The average molecular weight is 325 g/mol. The molecule has 0 saturated carbocycles. The van der Waals surface area contributed by atoms with E-state index < -0.39 is 15.9 Å². The lowest BCUT2D eigenvalue weighted by atomic mass is 10.2. The van der Waals surface area contributed by atoms with E-state index >= 15 is 0 Å². The molecule has 0 aliphatic heterocycles. The Morgan fingerprint density at radius 3 is 2.29 bits per heavy atom. The number of rotatable bonds is 5. The number of sulfonamides is 1. The SMILES string of the molecule is O=C(NNS(=O)(=O)Cc1ccccc1)c1ccccc1Cl. The van der Waals surface area contributed by atoms with Crippen LogP contribution in [0.1, 0.15) is 15.9 Å². The zero-order chi connectivity index (χ0) is 15.3. The number of nitrogens with one attached hydrogen (secondary N) is 2. The van der Waals surface area contributed by atoms with Gasteiger partial charge >= 0.3 is 0 Å². The monoisotopic (exact) mass is 324 g/mol. The molecule has 0 aromatic heterocycles. The molecule has 7 heteroatoms. The third kappa shape index (κ3) is 4.56. The van der Waals surface area contributed by atoms with E-state index in [0.717, 1.165) is 0 Å². The zero-order valence-corrected chi connectivity index (χ0v) is 12.5. The maximum atomic E-state index is 11.9. The maximum Gasteiger partial charge on any atom is 0.267 e. The van der Waals surface area contributed by atoms with Crippen molar-refractivity contribution in [1.82, 2.24) is 10.3 Å². The van der Waals surface area contributed by atoms with Crippen LogP contribution in [-0.2, 0) is 15.8 Å². The number of amides is 1. The van der Waals surface area contributed by atoms with Gasteiger partial charge in [-0.15, -0.1) is 4.83 Å². The predicted molar refractivity (Wildman–Crippen MR) is 81.1 cm³/mol. The van der Waals surface area contributed by atoms with E-state index in [-0.39, 0.29) is 16.3 Å². The van der Waals surface area contributed by atoms with E-state index in [2.05, 4.69) is 5.43 Å². The van der Waals surface area contributed by atoms with Crippen LogP contribution in [0.3, 0.4) is 0 Å². The second-order valence-electron chi connectivity index (χ2n) is 4.28. The summed E-state index contributed by atoms with van der Waals surface area (Å²) in [5, 5.41) is 0.247. The molecule has 2 rings (SSSR count). The minimum Gasteiger partial charge on any atom is -0.274 e. The van der Waals surface area contributed by atoms with Crippen molar-refractivity contribution in [3.63, 3.8) is 0 Å². The summed E-state index contributed by atoms with van der Waals surface area (Å²) in [4.78, 5) is 13.9. The van der Waals surface area contributed by atoms with Crippen molar-refractivity contribution in [2.24, 2.45) is 0 Å². The van der Waals surface area contributed by atoms with E-state index in [0.29, 0.717) is 5.56 Å². The summed E-state index contributed by atoms with van der Waals surface area (Å²) in [6.07, 6.45) is 0. The Bertz CT molecular complexity index is 733. The predicted octanol–water partition coefficient (Wildman–Crippen LogP) is 2.10. The van der Waals surface area contributed by atoms with Crippen LogP contribution in [0.2, 0.25) is 5.02 Å². The first-order valence-corrected chi connectivity index (χ1v) is 8.09. The van der Waals surface area contributed by atoms with Gasteiger partial charge < -0.3 is 0 Å². The van der Waals surface area contributed by atoms with Gasteiger partial charge in [0.15, 0.2) is 0 Å². The van der Waals surface area contributed by atoms with Crippen molar-refractivity contribution < 1.29 is 13.2 Å². The molecule has 2 aromatic carbocycles. The second kappa shape index (κ2) is 6.71. The lowest BCUT2D eigenvalue weighted by Crippen LogP contribution is -2.42. The molecule has 0 heterocycles. The topological polar surface area (TPSA) is 75.3 Å². The highest BCUT2D eigenvalue weighted by molar-refractivity contribution is 7.88. The molecule has 1 amide bonds. The van der Waals surface area contributed by atoms with E-state index in [9.17, 15) is 13.2 Å². The molecule has 0 spiro atoms. The molecule has 5 nitrogen and oxygen atoms in total. The van der Waals surface area contributed by atoms with Gasteiger partial charge in [0.1, 0.15) is 0 Å². The molecular formula is C14H13ClN2O3S. The molecule has 0 fully saturated rings. The third-order valence-corrected chi connectivity index (χ3v) is 4.09. The van der Waals surface area contributed by atoms with Crippen LogP contribution in [0.5, 0.6) is 0 Å². The summed E-state index contributed by atoms with van der Waals surface area (Å²) in [5.41, 5.74) is 2.96. The third-order valence-electron chi connectivity index (χ3n) is 2.64. The molecule has 0 unspecified atom stereocenters. The molecule has 21 heavy (non-hydrogen) atoms. The quantitative estimate of drug-likeness (QED) is 0.827. The van der Waals surface area contributed by atoms with Gasteiger partial charge in [-0.2, -0.15) is 0 Å². The van der Waals surface area contributed by atoms with Crippen LogP contribution >= 0.6 is 11.6 Å². The molecular weight excluding hydrogens is 312 g/mol. The zero-order valence-electron chi connectivity index (χ0n) is 10.9. The highest BCUT2D eigenvalue weighted by Crippen LogP contribution is 2.14. The van der Waals surface area contributed by atoms with Gasteiger partial charge in [0.25, 0.3) is 5.91 Å². The summed E-state index contributed by atoms with van der Waals surface area (Å²) in [6, 6.07) is 15.0. The molecule has 0 radical (unpaired) electrons. The van der Waals surface area contributed by atoms with Gasteiger partial charge in [-0.3, -0.25) is 10.2 Å². The highest BCUT2D eigenvalue weighted by atomic mass is 35.5. The minimum absolute atomic E-state index is 0.196. The number of hydrogen-bond acceptors (Lipinski definition) is 3. The smallest absolute Gasteiger partial charge is 0.267 e. The van der Waals surface area contributed by atoms with Crippen LogP contribution in [0.25, 0.3) is 0 Å². The molecule has 2 N–H and O–H groups in total. The molecule has 0 aliphatic carbocycles. The van der Waals surface area contributed by atoms with Crippen molar-refractivity contribution in [3.05, 3.63) is 70.7 Å². The van der Waals surface area contributed by atoms with Crippen molar-refractivity contribution >= 4 is 27.5 Å². The van der Waals surface area contributed by atoms with Gasteiger partial charge in [-0.05, 0) is 17.7 Å². The molecule has 0 atom stereocenters. The van der Waals surface area contributed by atoms with Crippen LogP contribution < -0.4 is 10.3 Å². The fourth-order valence-electron chi connectivity index (χ4n) is 1.67. The highest BCUT2D eigenvalue weighted by Gasteiger charge is 2.15. The van der Waals surface area contributed by atoms with Gasteiger partial charge in [-0.25, -0.2) is 8.42 Å². The first-order chi connectivity index (χ1) is 9.98. The largest absolute Gasteiger partial charge is 0.274 e. The van der Waals surface area contributed by atoms with Crippen LogP contribution in [0, 0.1) is 0 Å². The van der Waals surface area contributed by atoms with Gasteiger partial charge in [0, 0.05) is 0 Å². The number of carbonyl (C=O) groups excluding carboxylic acids is 1. The van der Waals surface area contributed by atoms with Gasteiger partial charge in [0.2, 0.25) is 10.0 Å². The number of benzene rings is 2. The van der Waals surface area contributed by atoms with Crippen LogP contribution in [-0.4, -0.2) is 14.3 Å². The normalized spacial score (nSPS) is 11.1. The Hall–Kier alpha value is -1.89. The molecule has 0 bridgehead atoms. The minimum atomic E-state index is -3.68. The molecule has 0 saturated heterocycles. The lowest BCUT2D eigenvalue weighted by molar-refractivity contribution is 0.0945. The summed E-state index contributed by atoms with van der Waals surface area (Å²) in [5.74, 6) is -0.839. The summed E-state index contributed by atoms with van der Waals surface area (Å²) < 4.78 is 23.7. The Morgan fingerprint density at radius 2 is 1.62 bits per heavy atom. The summed E-state index contributed by atoms with van der Waals surface area (Å²) in [7, 11) is -3.68. The number of hydrazine groups is 1. The number of carbonyl (C=O) groups is 1. The van der Waals surface area contributed by atoms with Crippen LogP contribution in [0.4, 0.5) is 0 Å². The Morgan fingerprint density at radius 1 is 1.00 bits per heavy atom. The maximum absolute atomic E-state index is 11.9. The fourth-order valence-corrected chi connectivity index (χ4v) is 2.84. The van der Waals surface area contributed by atoms with Crippen molar-refractivity contribution in [1.29, 1.82) is 0 Å². The van der Waals surface area contributed by atoms with Crippen molar-refractivity contribution in [2.75, 3.05) is 0 Å². The van der Waals surface area contributed by atoms with Crippen LogP contribution in [0.15, 0.2) is 54.6 Å². The molecule has 0 aliphatic rings. The fraction of sp³-hybridized carbons (Fsp3) is 0.0714. The Balaban J connectivity index is 1.99. The molecule has 2 aromatic rings. The summed E-state index contributed by atoms with van der Waals surface area (Å²) >= 11 is 5.86. The van der Waals surface area contributed by atoms with E-state index in [1.54, 1.807) is 48.5 Å². The van der Waals surface area contributed by atoms with Crippen molar-refractivity contribution in [3.8, 4) is 0 Å².